The summed E-state index contributed by atoms with van der Waals surface area (Å²) >= 11 is 0. The number of hydrogen-bond donors (Lipinski definition) is 2. The van der Waals surface area contributed by atoms with E-state index in [0.717, 1.165) is 35.1 Å². The van der Waals surface area contributed by atoms with Gasteiger partial charge in [-0.25, -0.2) is 4.79 Å². The Balaban J connectivity index is 2.48. The third-order valence-electron chi connectivity index (χ3n) is 6.07. The number of nitrogens with one attached hydrogen (secondary N) is 2. The van der Waals surface area contributed by atoms with Gasteiger partial charge in [0, 0.05) is 13.1 Å². The van der Waals surface area contributed by atoms with Gasteiger partial charge in [-0.1, -0.05) is 86.8 Å². The lowest BCUT2D eigenvalue weighted by atomic mass is 9.96. The van der Waals surface area contributed by atoms with Crippen molar-refractivity contribution in [2.45, 2.75) is 92.5 Å². The van der Waals surface area contributed by atoms with Gasteiger partial charge in [-0.3, -0.25) is 9.59 Å². The van der Waals surface area contributed by atoms with Crippen LogP contribution in [0.2, 0.25) is 0 Å². The molecule has 2 atom stereocenters. The molecule has 0 saturated heterocycles. The minimum absolute atomic E-state index is 0.216. The number of alkyl carbamates (subject to hydrolysis) is 1. The molecule has 2 aromatic carbocycles. The van der Waals surface area contributed by atoms with E-state index in [1.165, 1.54) is 0 Å². The van der Waals surface area contributed by atoms with Gasteiger partial charge in [-0.2, -0.15) is 0 Å². The summed E-state index contributed by atoms with van der Waals surface area (Å²) in [6.45, 7) is 15.8. The van der Waals surface area contributed by atoms with Gasteiger partial charge in [-0.15, -0.1) is 0 Å². The molecule has 0 spiro atoms. The zero-order chi connectivity index (χ0) is 28.5. The fourth-order valence-electron chi connectivity index (χ4n) is 4.34. The van der Waals surface area contributed by atoms with Gasteiger partial charge >= 0.3 is 6.09 Å². The number of carbonyl (C=O) groups is 3. The SMILES string of the molecule is CCCCN(C(=O)C(NC(=O)OC(C)(C)C)C(C)C)C(C(=O)NCc1ccccc1)c1cc(C)cc(C)c1. The van der Waals surface area contributed by atoms with Crippen molar-refractivity contribution in [1.82, 2.24) is 15.5 Å². The number of hydrogen-bond acceptors (Lipinski definition) is 4. The summed E-state index contributed by atoms with van der Waals surface area (Å²) < 4.78 is 5.44. The molecular formula is C31H45N3O4. The minimum atomic E-state index is -0.850. The number of nitrogens with zero attached hydrogens (tertiary/aromatic N) is 1. The molecule has 3 amide bonds. The highest BCUT2D eigenvalue weighted by atomic mass is 16.6. The van der Waals surface area contributed by atoms with Crippen LogP contribution in [0.25, 0.3) is 0 Å². The average molecular weight is 524 g/mol. The molecular weight excluding hydrogens is 478 g/mol. The summed E-state index contributed by atoms with van der Waals surface area (Å²) in [6, 6.07) is 13.9. The Hall–Kier alpha value is -3.35. The zero-order valence-corrected chi connectivity index (χ0v) is 24.3. The van der Waals surface area contributed by atoms with Crippen molar-refractivity contribution >= 4 is 17.9 Å². The van der Waals surface area contributed by atoms with E-state index in [2.05, 4.69) is 10.6 Å². The Morgan fingerprint density at radius 2 is 1.58 bits per heavy atom. The molecule has 0 heterocycles. The summed E-state index contributed by atoms with van der Waals surface area (Å²) in [4.78, 5) is 42.2. The third kappa shape index (κ3) is 9.51. The Bertz CT molecular complexity index is 1060. The molecule has 0 aliphatic rings. The standard InChI is InChI=1S/C31H45N3O4/c1-9-10-16-34(29(36)26(21(2)3)33-30(37)38-31(6,7)8)27(25-18-22(4)17-23(5)19-25)28(35)32-20-24-14-12-11-13-15-24/h11-15,17-19,21,26-27H,9-10,16,20H2,1-8H3,(H,32,35)(H,33,37). The number of aryl methyl sites for hydroxylation is 2. The largest absolute Gasteiger partial charge is 0.444 e. The van der Waals surface area contributed by atoms with E-state index in [9.17, 15) is 14.4 Å². The van der Waals surface area contributed by atoms with E-state index in [-0.39, 0.29) is 17.7 Å². The highest BCUT2D eigenvalue weighted by Gasteiger charge is 2.37. The first kappa shape index (κ1) is 30.9. The van der Waals surface area contributed by atoms with Crippen LogP contribution in [0.1, 0.15) is 82.7 Å². The second kappa shape index (κ2) is 14.0. The minimum Gasteiger partial charge on any atom is -0.444 e. The molecule has 0 aromatic heterocycles. The van der Waals surface area contributed by atoms with Crippen LogP contribution in [0.3, 0.4) is 0 Å². The van der Waals surface area contributed by atoms with Gasteiger partial charge in [0.2, 0.25) is 11.8 Å². The predicted molar refractivity (Wildman–Crippen MR) is 152 cm³/mol. The van der Waals surface area contributed by atoms with Crippen LogP contribution in [-0.2, 0) is 20.9 Å². The van der Waals surface area contributed by atoms with Gasteiger partial charge in [0.1, 0.15) is 17.7 Å². The molecule has 0 saturated carbocycles. The molecule has 0 aliphatic heterocycles. The van der Waals surface area contributed by atoms with Crippen molar-refractivity contribution in [3.8, 4) is 0 Å². The van der Waals surface area contributed by atoms with Crippen molar-refractivity contribution in [2.24, 2.45) is 5.92 Å². The number of rotatable bonds is 11. The van der Waals surface area contributed by atoms with Crippen LogP contribution in [0.15, 0.2) is 48.5 Å². The quantitative estimate of drug-likeness (QED) is 0.387. The van der Waals surface area contributed by atoms with Crippen LogP contribution in [0.4, 0.5) is 4.79 Å². The number of benzene rings is 2. The first-order valence-corrected chi connectivity index (χ1v) is 13.5. The number of amides is 3. The van der Waals surface area contributed by atoms with Crippen molar-refractivity contribution in [3.63, 3.8) is 0 Å². The highest BCUT2D eigenvalue weighted by Crippen LogP contribution is 2.26. The van der Waals surface area contributed by atoms with Crippen molar-refractivity contribution in [2.75, 3.05) is 6.54 Å². The molecule has 2 N–H and O–H groups in total. The topological polar surface area (TPSA) is 87.7 Å². The summed E-state index contributed by atoms with van der Waals surface area (Å²) in [5.74, 6) is -0.784. The fraction of sp³-hybridized carbons (Fsp3) is 0.516. The van der Waals surface area contributed by atoms with E-state index in [1.54, 1.807) is 25.7 Å². The molecule has 2 aromatic rings. The maximum Gasteiger partial charge on any atom is 0.408 e. The molecule has 2 rings (SSSR count). The summed E-state index contributed by atoms with van der Waals surface area (Å²) in [5, 5.41) is 5.81. The monoisotopic (exact) mass is 523 g/mol. The Kier molecular flexibility index (Phi) is 11.4. The second-order valence-corrected chi connectivity index (χ2v) is 11.3. The third-order valence-corrected chi connectivity index (χ3v) is 6.07. The summed E-state index contributed by atoms with van der Waals surface area (Å²) in [6.07, 6.45) is 0.910. The van der Waals surface area contributed by atoms with E-state index < -0.39 is 23.8 Å². The maximum absolute atomic E-state index is 14.1. The molecule has 38 heavy (non-hydrogen) atoms. The lowest BCUT2D eigenvalue weighted by molar-refractivity contribution is -0.143. The first-order valence-electron chi connectivity index (χ1n) is 13.5. The predicted octanol–water partition coefficient (Wildman–Crippen LogP) is 5.84. The Morgan fingerprint density at radius 3 is 2.11 bits per heavy atom. The lowest BCUT2D eigenvalue weighted by Gasteiger charge is -2.36. The number of carbonyl (C=O) groups excluding carboxylic acids is 3. The molecule has 208 valence electrons. The van der Waals surface area contributed by atoms with Gasteiger partial charge < -0.3 is 20.3 Å². The van der Waals surface area contributed by atoms with Gasteiger partial charge in [0.05, 0.1) is 0 Å². The van der Waals surface area contributed by atoms with Gasteiger partial charge in [0.15, 0.2) is 0 Å². The summed E-state index contributed by atoms with van der Waals surface area (Å²) in [5.41, 5.74) is 3.04. The number of ether oxygens (including phenoxy) is 1. The normalized spacial score (nSPS) is 13.0. The molecule has 7 heteroatoms. The highest BCUT2D eigenvalue weighted by molar-refractivity contribution is 5.92. The molecule has 0 radical (unpaired) electrons. The van der Waals surface area contributed by atoms with Gasteiger partial charge in [0.25, 0.3) is 0 Å². The van der Waals surface area contributed by atoms with E-state index >= 15 is 0 Å². The molecule has 0 aliphatic carbocycles. The van der Waals surface area contributed by atoms with Crippen LogP contribution in [0.5, 0.6) is 0 Å². The molecule has 0 fully saturated rings. The first-order chi connectivity index (χ1) is 17.8. The zero-order valence-electron chi connectivity index (χ0n) is 24.3. The van der Waals surface area contributed by atoms with E-state index in [0.29, 0.717) is 13.1 Å². The van der Waals surface area contributed by atoms with Crippen LogP contribution in [-0.4, -0.2) is 41.0 Å². The van der Waals surface area contributed by atoms with Crippen molar-refractivity contribution in [1.29, 1.82) is 0 Å². The van der Waals surface area contributed by atoms with Crippen LogP contribution >= 0.6 is 0 Å². The van der Waals surface area contributed by atoms with Gasteiger partial charge in [-0.05, 0) is 58.1 Å². The van der Waals surface area contributed by atoms with E-state index in [1.807, 2.05) is 83.1 Å². The van der Waals surface area contributed by atoms with Crippen LogP contribution < -0.4 is 10.6 Å². The van der Waals surface area contributed by atoms with Crippen molar-refractivity contribution in [3.05, 3.63) is 70.8 Å². The molecule has 7 nitrogen and oxygen atoms in total. The molecule has 0 bridgehead atoms. The number of unbranched alkanes of at least 4 members (excludes halogenated alkanes) is 1. The summed E-state index contributed by atoms with van der Waals surface area (Å²) in [7, 11) is 0. The molecule has 2 unspecified atom stereocenters. The average Bonchev–Trinajstić information content (AvgIpc) is 2.82. The Morgan fingerprint density at radius 1 is 0.974 bits per heavy atom. The smallest absolute Gasteiger partial charge is 0.408 e. The lowest BCUT2D eigenvalue weighted by Crippen LogP contribution is -2.55. The second-order valence-electron chi connectivity index (χ2n) is 11.3. The fourth-order valence-corrected chi connectivity index (χ4v) is 4.34. The van der Waals surface area contributed by atoms with Crippen molar-refractivity contribution < 1.29 is 19.1 Å². The van der Waals surface area contributed by atoms with E-state index in [4.69, 9.17) is 4.74 Å². The van der Waals surface area contributed by atoms with Crippen LogP contribution in [0, 0.1) is 19.8 Å². The maximum atomic E-state index is 14.1. The Labute approximate surface area is 228 Å².